The molecule has 31 heavy (non-hydrogen) atoms. The summed E-state index contributed by atoms with van der Waals surface area (Å²) in [5.41, 5.74) is 5.24. The highest BCUT2D eigenvalue weighted by atomic mass is 32.2. The smallest absolute Gasteiger partial charge is 0.338 e. The molecule has 164 valence electrons. The molecule has 1 amide bonds. The van der Waals surface area contributed by atoms with Gasteiger partial charge < -0.3 is 20.3 Å². The van der Waals surface area contributed by atoms with Gasteiger partial charge >= 0.3 is 11.9 Å². The summed E-state index contributed by atoms with van der Waals surface area (Å²) in [7, 11) is 1.11. The molecule has 2 aliphatic heterocycles. The molecule has 0 bridgehead atoms. The number of nitrogens with two attached hydrogens (primary N) is 1. The Morgan fingerprint density at radius 2 is 2.00 bits per heavy atom. The summed E-state index contributed by atoms with van der Waals surface area (Å²) in [6.45, 7) is 3.12. The van der Waals surface area contributed by atoms with Crippen molar-refractivity contribution < 1.29 is 33.9 Å². The van der Waals surface area contributed by atoms with E-state index in [0.717, 1.165) is 42.0 Å². The molecule has 1 aromatic carbocycles. The van der Waals surface area contributed by atoms with Gasteiger partial charge in [0.1, 0.15) is 11.6 Å². The molecule has 0 aromatic heterocycles. The molecule has 3 N–H and O–H groups in total. The molecule has 0 unspecified atom stereocenters. The average molecular weight is 449 g/mol. The molecule has 3 rings (SSSR count). The normalized spacial score (nSPS) is 20.6. The average Bonchev–Trinajstić information content (AvgIpc) is 3.02. The number of fused-ring (bicyclic) bond motifs is 1. The van der Waals surface area contributed by atoms with E-state index in [9.17, 15) is 29.6 Å². The summed E-state index contributed by atoms with van der Waals surface area (Å²) in [5, 5.41) is 21.3. The Balaban J connectivity index is 2.38. The van der Waals surface area contributed by atoms with Gasteiger partial charge in [-0.2, -0.15) is 0 Å². The summed E-state index contributed by atoms with van der Waals surface area (Å²) in [5.74, 6) is -4.33. The zero-order valence-corrected chi connectivity index (χ0v) is 17.6. The monoisotopic (exact) mass is 449 g/mol. The number of nitrogens with zero attached hydrogens (tertiary/aromatic N) is 2. The minimum atomic E-state index is -1.36. The van der Waals surface area contributed by atoms with Crippen LogP contribution in [-0.2, 0) is 23.9 Å². The quantitative estimate of drug-likeness (QED) is 0.382. The van der Waals surface area contributed by atoms with Crippen LogP contribution in [0.4, 0.5) is 5.69 Å². The molecule has 2 atom stereocenters. The number of phenols is 1. The van der Waals surface area contributed by atoms with Gasteiger partial charge in [-0.15, -0.1) is 0 Å². The predicted molar refractivity (Wildman–Crippen MR) is 108 cm³/mol. The lowest BCUT2D eigenvalue weighted by atomic mass is 9.81. The Morgan fingerprint density at radius 1 is 1.32 bits per heavy atom. The Kier molecular flexibility index (Phi) is 5.93. The number of carbonyl (C=O) groups excluding carboxylic acids is 3. The maximum atomic E-state index is 12.9. The van der Waals surface area contributed by atoms with Crippen LogP contribution in [-0.4, -0.2) is 51.7 Å². The Morgan fingerprint density at radius 3 is 2.58 bits per heavy atom. The first kappa shape index (κ1) is 22.2. The van der Waals surface area contributed by atoms with Gasteiger partial charge in [-0.05, 0) is 19.9 Å². The number of methoxy groups -OCH3 is 1. The number of ether oxygens (including phenoxy) is 2. The van der Waals surface area contributed by atoms with Crippen molar-refractivity contribution in [2.45, 2.75) is 25.0 Å². The number of amides is 1. The van der Waals surface area contributed by atoms with Gasteiger partial charge in [-0.3, -0.25) is 19.8 Å². The number of esters is 2. The first-order valence-electron chi connectivity index (χ1n) is 9.11. The zero-order chi connectivity index (χ0) is 23.0. The van der Waals surface area contributed by atoms with Crippen molar-refractivity contribution in [1.29, 1.82) is 0 Å². The molecule has 0 radical (unpaired) electrons. The van der Waals surface area contributed by atoms with Crippen LogP contribution < -0.4 is 5.73 Å². The number of aromatic hydroxyl groups is 1. The van der Waals surface area contributed by atoms with Gasteiger partial charge in [-0.1, -0.05) is 11.8 Å². The van der Waals surface area contributed by atoms with Crippen LogP contribution in [0.3, 0.4) is 0 Å². The van der Waals surface area contributed by atoms with Crippen LogP contribution in [0.1, 0.15) is 25.3 Å². The van der Waals surface area contributed by atoms with Crippen LogP contribution in [0.15, 0.2) is 40.2 Å². The van der Waals surface area contributed by atoms with E-state index >= 15 is 0 Å². The number of nitro groups is 1. The van der Waals surface area contributed by atoms with E-state index in [0.29, 0.717) is 0 Å². The van der Waals surface area contributed by atoms with Crippen LogP contribution in [0.5, 0.6) is 5.75 Å². The highest BCUT2D eigenvalue weighted by Gasteiger charge is 2.49. The Labute approximate surface area is 180 Å². The zero-order valence-electron chi connectivity index (χ0n) is 16.8. The van der Waals surface area contributed by atoms with Gasteiger partial charge in [0.2, 0.25) is 5.91 Å². The number of rotatable bonds is 5. The van der Waals surface area contributed by atoms with Crippen molar-refractivity contribution in [3.8, 4) is 5.75 Å². The summed E-state index contributed by atoms with van der Waals surface area (Å²) in [6.07, 6.45) is 0. The summed E-state index contributed by atoms with van der Waals surface area (Å²) in [6, 6.07) is 3.19. The van der Waals surface area contributed by atoms with Crippen LogP contribution in [0, 0.1) is 10.1 Å². The fourth-order valence-electron chi connectivity index (χ4n) is 3.44. The van der Waals surface area contributed by atoms with Gasteiger partial charge in [0.25, 0.3) is 5.69 Å². The molecule has 0 aliphatic carbocycles. The lowest BCUT2D eigenvalue weighted by molar-refractivity contribution is -0.384. The lowest BCUT2D eigenvalue weighted by Gasteiger charge is -2.33. The largest absolute Gasteiger partial charge is 0.508 e. The Hall–Kier alpha value is -3.54. The molecule has 1 fully saturated rings. The molecule has 0 spiro atoms. The number of hydrogen-bond donors (Lipinski definition) is 2. The minimum Gasteiger partial charge on any atom is -0.508 e. The Bertz CT molecular complexity index is 1060. The molecule has 11 nitrogen and oxygen atoms in total. The van der Waals surface area contributed by atoms with E-state index in [1.54, 1.807) is 13.8 Å². The molecule has 0 saturated carbocycles. The number of benzene rings is 1. The fraction of sp³-hybridized carbons (Fsp3) is 0.316. The highest BCUT2D eigenvalue weighted by Crippen LogP contribution is 2.51. The first-order chi connectivity index (χ1) is 14.6. The second-order valence-electron chi connectivity index (χ2n) is 6.60. The minimum absolute atomic E-state index is 0.0352. The van der Waals surface area contributed by atoms with Gasteiger partial charge in [-0.25, -0.2) is 9.59 Å². The van der Waals surface area contributed by atoms with E-state index in [1.807, 2.05) is 0 Å². The van der Waals surface area contributed by atoms with Crippen molar-refractivity contribution in [3.63, 3.8) is 0 Å². The second-order valence-corrected chi connectivity index (χ2v) is 7.93. The molecular formula is C19H19N3O8S. The van der Waals surface area contributed by atoms with Crippen LogP contribution in [0.25, 0.3) is 0 Å². The van der Waals surface area contributed by atoms with Crippen molar-refractivity contribution >= 4 is 35.3 Å². The standard InChI is InChI=1S/C19H19N3O8S/c1-4-30-19(26)13-12(10-7-9(22(27)28)5-6-11(10)23)14(18(25)29-3)17-21(15(13)20)16(24)8(2)31-17/h5-8,12,23H,4,20H2,1-3H3/t8-,12+/m0/s1. The first-order valence-corrected chi connectivity index (χ1v) is 9.99. The fourth-order valence-corrected chi connectivity index (χ4v) is 4.61. The summed E-state index contributed by atoms with van der Waals surface area (Å²) in [4.78, 5) is 50.0. The SMILES string of the molecule is CCOC(=O)C1=C(N)N2C(=O)[C@H](C)SC2=C(C(=O)OC)[C@@H]1c1cc([N+](=O)[O-])ccc1O. The van der Waals surface area contributed by atoms with Crippen molar-refractivity contribution in [2.75, 3.05) is 13.7 Å². The molecule has 2 aliphatic rings. The second kappa shape index (κ2) is 8.30. The molecule has 2 heterocycles. The number of non-ortho nitro benzene ring substituents is 1. The number of carbonyl (C=O) groups is 3. The van der Waals surface area contributed by atoms with E-state index in [-0.39, 0.29) is 39.9 Å². The third-order valence-electron chi connectivity index (χ3n) is 4.82. The molecule has 1 aromatic rings. The third kappa shape index (κ3) is 3.58. The number of phenolic OH excluding ortho intramolecular Hbond substituents is 1. The molecular weight excluding hydrogens is 430 g/mol. The lowest BCUT2D eigenvalue weighted by Crippen LogP contribution is -2.40. The molecule has 12 heteroatoms. The third-order valence-corrected chi connectivity index (χ3v) is 6.00. The van der Waals surface area contributed by atoms with E-state index in [2.05, 4.69) is 0 Å². The predicted octanol–water partition coefficient (Wildman–Crippen LogP) is 1.48. The number of hydrogen-bond acceptors (Lipinski definition) is 10. The van der Waals surface area contributed by atoms with Crippen LogP contribution in [0.2, 0.25) is 0 Å². The van der Waals surface area contributed by atoms with Crippen molar-refractivity contribution in [2.24, 2.45) is 5.73 Å². The number of thioether (sulfide) groups is 1. The van der Waals surface area contributed by atoms with Gasteiger partial charge in [0.05, 0.1) is 46.0 Å². The van der Waals surface area contributed by atoms with Crippen molar-refractivity contribution in [1.82, 2.24) is 4.90 Å². The summed E-state index contributed by atoms with van der Waals surface area (Å²) >= 11 is 1.03. The van der Waals surface area contributed by atoms with Crippen molar-refractivity contribution in [3.05, 3.63) is 55.9 Å². The van der Waals surface area contributed by atoms with Crippen LogP contribution >= 0.6 is 11.8 Å². The van der Waals surface area contributed by atoms with E-state index in [1.165, 1.54) is 0 Å². The van der Waals surface area contributed by atoms with E-state index in [4.69, 9.17) is 15.2 Å². The van der Waals surface area contributed by atoms with Gasteiger partial charge in [0, 0.05) is 17.7 Å². The van der Waals surface area contributed by atoms with Gasteiger partial charge in [0.15, 0.2) is 0 Å². The van der Waals surface area contributed by atoms with E-state index < -0.39 is 39.7 Å². The maximum Gasteiger partial charge on any atom is 0.338 e. The summed E-state index contributed by atoms with van der Waals surface area (Å²) < 4.78 is 9.96. The number of nitro benzene ring substituents is 1. The molecule has 1 saturated heterocycles. The highest BCUT2D eigenvalue weighted by molar-refractivity contribution is 8.04. The topological polar surface area (TPSA) is 162 Å². The maximum absolute atomic E-state index is 12.9.